The number of carbonyl (C=O) groups excluding carboxylic acids is 10. The Kier molecular flexibility index (Phi) is 17.3. The van der Waals surface area contributed by atoms with Crippen molar-refractivity contribution in [3.8, 4) is 0 Å². The zero-order chi connectivity index (χ0) is 52.5. The maximum atomic E-state index is 13.7. The van der Waals surface area contributed by atoms with Gasteiger partial charge in [-0.15, -0.1) is 0 Å². The summed E-state index contributed by atoms with van der Waals surface area (Å²) in [6.07, 6.45) is 0.296. The summed E-state index contributed by atoms with van der Waals surface area (Å²) in [5.41, 5.74) is 1.14. The number of nitrogens with zero attached hydrogens (tertiary/aromatic N) is 4. The molecule has 4 aliphatic heterocycles. The number of amides is 8. The molecule has 0 aromatic heterocycles. The summed E-state index contributed by atoms with van der Waals surface area (Å²) >= 11 is 0. The first-order valence-electron chi connectivity index (χ1n) is 24.1. The number of methoxy groups -OCH3 is 2. The van der Waals surface area contributed by atoms with Gasteiger partial charge in [0.05, 0.1) is 92.2 Å². The first-order valence-corrected chi connectivity index (χ1v) is 24.1. The summed E-state index contributed by atoms with van der Waals surface area (Å²) in [4.78, 5) is 138. The molecule has 0 spiro atoms. The van der Waals surface area contributed by atoms with Crippen LogP contribution in [0.4, 0.5) is 0 Å². The number of hydrogen-bond donors (Lipinski definition) is 0. The number of imide groups is 4. The van der Waals surface area contributed by atoms with Gasteiger partial charge in [0.25, 0.3) is 47.3 Å². The van der Waals surface area contributed by atoms with Crippen molar-refractivity contribution in [2.45, 2.75) is 25.7 Å². The van der Waals surface area contributed by atoms with E-state index in [1.165, 1.54) is 48.5 Å². The van der Waals surface area contributed by atoms with E-state index >= 15 is 0 Å². The van der Waals surface area contributed by atoms with Gasteiger partial charge < -0.3 is 37.9 Å². The van der Waals surface area contributed by atoms with Crippen molar-refractivity contribution in [1.29, 1.82) is 0 Å². The molecule has 0 radical (unpaired) electrons. The first kappa shape index (κ1) is 53.0. The molecule has 0 saturated carbocycles. The summed E-state index contributed by atoms with van der Waals surface area (Å²) in [7, 11) is 3.13. The zero-order valence-electron chi connectivity index (χ0n) is 40.9. The molecule has 8 rings (SSSR count). The van der Waals surface area contributed by atoms with Gasteiger partial charge in [-0.2, -0.15) is 0 Å². The van der Waals surface area contributed by atoms with Crippen molar-refractivity contribution in [3.05, 3.63) is 93.0 Å². The lowest BCUT2D eigenvalue weighted by Gasteiger charge is -2.31. The lowest BCUT2D eigenvalue weighted by Crippen LogP contribution is -2.45. The van der Waals surface area contributed by atoms with Crippen molar-refractivity contribution >= 4 is 80.7 Å². The molecule has 22 heteroatoms. The molecule has 0 unspecified atom stereocenters. The zero-order valence-corrected chi connectivity index (χ0v) is 40.9. The largest absolute Gasteiger partial charge is 0.464 e. The lowest BCUT2D eigenvalue weighted by atomic mass is 9.86. The number of benzene rings is 4. The Labute approximate surface area is 423 Å². The van der Waals surface area contributed by atoms with Gasteiger partial charge in [-0.3, -0.25) is 67.5 Å². The summed E-state index contributed by atoms with van der Waals surface area (Å²) in [5, 5.41) is 0.849. The second kappa shape index (κ2) is 24.1. The molecule has 4 aromatic rings. The van der Waals surface area contributed by atoms with Crippen LogP contribution in [0.25, 0.3) is 21.5 Å². The fourth-order valence-electron chi connectivity index (χ4n) is 9.19. The Hall–Kier alpha value is -7.34. The van der Waals surface area contributed by atoms with E-state index in [0.29, 0.717) is 39.6 Å². The maximum Gasteiger partial charge on any atom is 0.305 e. The SMILES string of the molecule is COCCOCCOCCN1C(=O)c2ccc3c4c(ccc(c24)C1=O)C(=O)N(CCOC(=O)CCCCC(=O)OCCN1C(=O)c2ccc4c5c(ccc(c25)C1=O)C(=O)N(CCOCCOCCOC)C4=O)C3=O. The van der Waals surface area contributed by atoms with Gasteiger partial charge in [-0.1, -0.05) is 0 Å². The smallest absolute Gasteiger partial charge is 0.305 e. The van der Waals surface area contributed by atoms with Crippen LogP contribution in [0.1, 0.15) is 109 Å². The van der Waals surface area contributed by atoms with Gasteiger partial charge >= 0.3 is 11.9 Å². The van der Waals surface area contributed by atoms with Crippen molar-refractivity contribution in [1.82, 2.24) is 19.6 Å². The predicted octanol–water partition coefficient (Wildman–Crippen LogP) is 3.08. The number of rotatable bonds is 29. The number of unbranched alkanes of at least 4 members (excludes halogenated alkanes) is 1. The van der Waals surface area contributed by atoms with E-state index in [4.69, 9.17) is 37.9 Å². The normalized spacial score (nSPS) is 14.9. The number of carbonyl (C=O) groups is 10. The van der Waals surface area contributed by atoms with E-state index in [-0.39, 0.29) is 158 Å². The van der Waals surface area contributed by atoms with Crippen molar-refractivity contribution in [2.75, 3.05) is 120 Å². The molecule has 0 bridgehead atoms. The van der Waals surface area contributed by atoms with Crippen LogP contribution in [-0.2, 0) is 47.5 Å². The minimum absolute atomic E-state index is 0.0199. The highest BCUT2D eigenvalue weighted by atomic mass is 16.6. The Morgan fingerprint density at radius 2 is 0.541 bits per heavy atom. The molecule has 22 nitrogen and oxygen atoms in total. The monoisotopic (exact) mass is 1020 g/mol. The van der Waals surface area contributed by atoms with Crippen LogP contribution in [0.15, 0.2) is 48.5 Å². The highest BCUT2D eigenvalue weighted by molar-refractivity contribution is 6.34. The van der Waals surface area contributed by atoms with Gasteiger partial charge in [-0.05, 0) is 61.4 Å². The molecule has 390 valence electrons. The van der Waals surface area contributed by atoms with Crippen molar-refractivity contribution in [2.24, 2.45) is 0 Å². The van der Waals surface area contributed by atoms with E-state index < -0.39 is 59.2 Å². The van der Waals surface area contributed by atoms with E-state index in [1.807, 2.05) is 0 Å². The Bertz CT molecular complexity index is 2600. The van der Waals surface area contributed by atoms with Crippen LogP contribution in [-0.4, -0.2) is 198 Å². The quantitative estimate of drug-likeness (QED) is 0.0430. The third kappa shape index (κ3) is 10.8. The third-order valence-corrected chi connectivity index (χ3v) is 12.8. The van der Waals surface area contributed by atoms with E-state index in [1.54, 1.807) is 14.2 Å². The Morgan fingerprint density at radius 1 is 0.324 bits per heavy atom. The molecule has 4 heterocycles. The van der Waals surface area contributed by atoms with Crippen LogP contribution >= 0.6 is 0 Å². The molecule has 0 saturated heterocycles. The molecule has 0 fully saturated rings. The highest BCUT2D eigenvalue weighted by Gasteiger charge is 2.41. The second-order valence-corrected chi connectivity index (χ2v) is 17.3. The minimum atomic E-state index is -0.680. The average molecular weight is 1020 g/mol. The summed E-state index contributed by atoms with van der Waals surface area (Å²) in [6, 6.07) is 11.6. The van der Waals surface area contributed by atoms with E-state index in [0.717, 1.165) is 19.6 Å². The number of esters is 2. The standard InChI is InChI=1S/C52H54N4O18/c1-67-23-25-71-29-27-69-19-15-53-45(59)31-7-11-35-43-36(12-8-32(41(31)43)46(53)60)50(64)55(49(35)63)17-21-73-39(57)5-3-4-6-40(58)74-22-18-56-51(65)37-13-9-33-42-34(10-14-38(44(37)42)52(56)66)48(62)54(47(33)61)16-20-70-28-30-72-26-24-68-2/h7-14H,3-6,15-30H2,1-2H3. The summed E-state index contributed by atoms with van der Waals surface area (Å²) in [5.74, 6) is -6.31. The van der Waals surface area contributed by atoms with Crippen molar-refractivity contribution < 1.29 is 85.8 Å². The average Bonchev–Trinajstić information content (AvgIpc) is 3.42. The number of ether oxygens (including phenoxy) is 8. The first-order chi connectivity index (χ1) is 35.9. The fourth-order valence-corrected chi connectivity index (χ4v) is 9.19. The Balaban J connectivity index is 0.754. The fraction of sp³-hybridized carbons (Fsp3) is 0.423. The Morgan fingerprint density at radius 3 is 0.784 bits per heavy atom. The van der Waals surface area contributed by atoms with Gasteiger partial charge in [0, 0.05) is 93.1 Å². The molecule has 4 aliphatic rings. The lowest BCUT2D eigenvalue weighted by molar-refractivity contribution is -0.146. The highest BCUT2D eigenvalue weighted by Crippen LogP contribution is 2.39. The molecule has 0 N–H and O–H groups in total. The van der Waals surface area contributed by atoms with Gasteiger partial charge in [0.2, 0.25) is 0 Å². The predicted molar refractivity (Wildman–Crippen MR) is 257 cm³/mol. The summed E-state index contributed by atoms with van der Waals surface area (Å²) in [6.45, 7) is 1.78. The molecular weight excluding hydrogens is 969 g/mol. The van der Waals surface area contributed by atoms with Crippen LogP contribution in [0, 0.1) is 0 Å². The topological polar surface area (TPSA) is 257 Å². The van der Waals surface area contributed by atoms with Crippen LogP contribution in [0.2, 0.25) is 0 Å². The van der Waals surface area contributed by atoms with Crippen LogP contribution in [0.3, 0.4) is 0 Å². The molecule has 0 atom stereocenters. The van der Waals surface area contributed by atoms with Crippen LogP contribution in [0.5, 0.6) is 0 Å². The van der Waals surface area contributed by atoms with Crippen molar-refractivity contribution in [3.63, 3.8) is 0 Å². The maximum absolute atomic E-state index is 13.7. The van der Waals surface area contributed by atoms with Gasteiger partial charge in [-0.25, -0.2) is 0 Å². The molecule has 0 aliphatic carbocycles. The van der Waals surface area contributed by atoms with E-state index in [9.17, 15) is 47.9 Å². The summed E-state index contributed by atoms with van der Waals surface area (Å²) < 4.78 is 42.3. The van der Waals surface area contributed by atoms with Gasteiger partial charge in [0.1, 0.15) is 13.2 Å². The molecule has 4 aromatic carbocycles. The van der Waals surface area contributed by atoms with Crippen LogP contribution < -0.4 is 0 Å². The molecule has 74 heavy (non-hydrogen) atoms. The molecule has 8 amide bonds. The molecular formula is C52H54N4O18. The third-order valence-electron chi connectivity index (χ3n) is 12.8. The number of hydrogen-bond acceptors (Lipinski definition) is 18. The van der Waals surface area contributed by atoms with Gasteiger partial charge in [0.15, 0.2) is 0 Å². The minimum Gasteiger partial charge on any atom is -0.464 e. The second-order valence-electron chi connectivity index (χ2n) is 17.3. The van der Waals surface area contributed by atoms with E-state index in [2.05, 4.69) is 0 Å².